The fourth-order valence-corrected chi connectivity index (χ4v) is 2.36. The second kappa shape index (κ2) is 6.97. The highest BCUT2D eigenvalue weighted by atomic mass is 19.4. The standard InChI is InChI=1S/C15H23F3N2/c1-5-13(19-4)12-8-6-7-9-14(12)20(11(2)3)10-15(16,17)18/h6-9,11,13,19H,5,10H2,1-4H3. The van der Waals surface area contributed by atoms with Crippen molar-refractivity contribution in [2.75, 3.05) is 18.5 Å². The maximum Gasteiger partial charge on any atom is 0.405 e. The van der Waals surface area contributed by atoms with E-state index in [0.29, 0.717) is 5.69 Å². The summed E-state index contributed by atoms with van der Waals surface area (Å²) in [5.41, 5.74) is 1.57. The van der Waals surface area contributed by atoms with E-state index in [0.717, 1.165) is 12.0 Å². The van der Waals surface area contributed by atoms with Gasteiger partial charge in [0.2, 0.25) is 0 Å². The van der Waals surface area contributed by atoms with Crippen LogP contribution in [0.3, 0.4) is 0 Å². The first-order valence-corrected chi connectivity index (χ1v) is 6.89. The van der Waals surface area contributed by atoms with Crippen LogP contribution >= 0.6 is 0 Å². The summed E-state index contributed by atoms with van der Waals surface area (Å²) in [5, 5.41) is 3.16. The molecule has 5 heteroatoms. The van der Waals surface area contributed by atoms with Crippen LogP contribution < -0.4 is 10.2 Å². The lowest BCUT2D eigenvalue weighted by Gasteiger charge is -2.33. The zero-order valence-corrected chi connectivity index (χ0v) is 12.5. The third kappa shape index (κ3) is 4.40. The third-order valence-electron chi connectivity index (χ3n) is 3.35. The van der Waals surface area contributed by atoms with E-state index >= 15 is 0 Å². The molecule has 114 valence electrons. The Kier molecular flexibility index (Phi) is 5.87. The minimum absolute atomic E-state index is 0.0562. The summed E-state index contributed by atoms with van der Waals surface area (Å²) in [7, 11) is 1.83. The van der Waals surface area contributed by atoms with Crippen LogP contribution in [0.25, 0.3) is 0 Å². The number of hydrogen-bond acceptors (Lipinski definition) is 2. The summed E-state index contributed by atoms with van der Waals surface area (Å²) in [6.45, 7) is 4.65. The van der Waals surface area contributed by atoms with Gasteiger partial charge >= 0.3 is 6.18 Å². The highest BCUT2D eigenvalue weighted by Gasteiger charge is 2.33. The second-order valence-electron chi connectivity index (χ2n) is 5.15. The van der Waals surface area contributed by atoms with Gasteiger partial charge in [-0.3, -0.25) is 0 Å². The molecular formula is C15H23F3N2. The molecule has 1 N–H and O–H groups in total. The van der Waals surface area contributed by atoms with E-state index in [1.54, 1.807) is 26.0 Å². The van der Waals surface area contributed by atoms with Crippen LogP contribution in [0.5, 0.6) is 0 Å². The van der Waals surface area contributed by atoms with Crippen molar-refractivity contribution in [1.29, 1.82) is 0 Å². The molecule has 0 aliphatic heterocycles. The van der Waals surface area contributed by atoms with Crippen LogP contribution in [-0.4, -0.2) is 25.8 Å². The Balaban J connectivity index is 3.20. The van der Waals surface area contributed by atoms with Crippen molar-refractivity contribution in [2.45, 2.75) is 45.5 Å². The number of alkyl halides is 3. The lowest BCUT2D eigenvalue weighted by atomic mass is 10.0. The van der Waals surface area contributed by atoms with Crippen molar-refractivity contribution < 1.29 is 13.2 Å². The molecule has 1 atom stereocenters. The molecule has 1 unspecified atom stereocenters. The topological polar surface area (TPSA) is 15.3 Å². The molecule has 0 saturated carbocycles. The number of para-hydroxylation sites is 1. The fraction of sp³-hybridized carbons (Fsp3) is 0.600. The van der Waals surface area contributed by atoms with E-state index in [1.165, 1.54) is 4.90 Å². The van der Waals surface area contributed by atoms with E-state index in [2.05, 4.69) is 5.32 Å². The first-order valence-electron chi connectivity index (χ1n) is 6.89. The Labute approximate surface area is 119 Å². The molecule has 1 rings (SSSR count). The smallest absolute Gasteiger partial charge is 0.360 e. The Morgan fingerprint density at radius 2 is 1.80 bits per heavy atom. The van der Waals surface area contributed by atoms with Gasteiger partial charge in [-0.25, -0.2) is 0 Å². The molecule has 0 aliphatic carbocycles. The summed E-state index contributed by atoms with van der Waals surface area (Å²) in [6.07, 6.45) is -3.38. The molecule has 0 bridgehead atoms. The van der Waals surface area contributed by atoms with Crippen molar-refractivity contribution >= 4 is 5.69 Å². The predicted molar refractivity (Wildman–Crippen MR) is 77.1 cm³/mol. The monoisotopic (exact) mass is 288 g/mol. The van der Waals surface area contributed by atoms with Crippen molar-refractivity contribution in [3.05, 3.63) is 29.8 Å². The maximum atomic E-state index is 12.8. The van der Waals surface area contributed by atoms with Crippen molar-refractivity contribution in [3.63, 3.8) is 0 Å². The molecule has 0 heterocycles. The summed E-state index contributed by atoms with van der Waals surface area (Å²) < 4.78 is 38.4. The number of benzene rings is 1. The van der Waals surface area contributed by atoms with Crippen LogP contribution in [-0.2, 0) is 0 Å². The fourth-order valence-electron chi connectivity index (χ4n) is 2.36. The highest BCUT2D eigenvalue weighted by Crippen LogP contribution is 2.31. The molecule has 0 aliphatic rings. The lowest BCUT2D eigenvalue weighted by Crippen LogP contribution is -2.40. The SMILES string of the molecule is CCC(NC)c1ccccc1N(CC(F)(F)F)C(C)C. The highest BCUT2D eigenvalue weighted by molar-refractivity contribution is 5.55. The van der Waals surface area contributed by atoms with E-state index in [-0.39, 0.29) is 12.1 Å². The Hall–Kier alpha value is -1.23. The Morgan fingerprint density at radius 3 is 2.25 bits per heavy atom. The van der Waals surface area contributed by atoms with Crippen molar-refractivity contribution in [1.82, 2.24) is 5.32 Å². The molecule has 0 fully saturated rings. The van der Waals surface area contributed by atoms with Gasteiger partial charge in [0, 0.05) is 17.8 Å². The average Bonchev–Trinajstić information content (AvgIpc) is 2.37. The number of anilines is 1. The van der Waals surface area contributed by atoms with Gasteiger partial charge in [0.15, 0.2) is 0 Å². The van der Waals surface area contributed by atoms with Gasteiger partial charge in [-0.05, 0) is 38.9 Å². The summed E-state index contributed by atoms with van der Waals surface area (Å²) in [4.78, 5) is 1.41. The van der Waals surface area contributed by atoms with Gasteiger partial charge in [-0.2, -0.15) is 13.2 Å². The lowest BCUT2D eigenvalue weighted by molar-refractivity contribution is -0.120. The van der Waals surface area contributed by atoms with E-state index in [4.69, 9.17) is 0 Å². The van der Waals surface area contributed by atoms with Gasteiger partial charge in [0.1, 0.15) is 6.54 Å². The van der Waals surface area contributed by atoms with Gasteiger partial charge in [0.05, 0.1) is 0 Å². The minimum Gasteiger partial charge on any atom is -0.360 e. The van der Waals surface area contributed by atoms with Crippen LogP contribution in [0, 0.1) is 0 Å². The van der Waals surface area contributed by atoms with Crippen LogP contribution in [0.15, 0.2) is 24.3 Å². The van der Waals surface area contributed by atoms with E-state index in [9.17, 15) is 13.2 Å². The molecule has 0 amide bonds. The predicted octanol–water partition coefficient (Wildman–Crippen LogP) is 4.13. The molecule has 2 nitrogen and oxygen atoms in total. The first kappa shape index (κ1) is 16.8. The van der Waals surface area contributed by atoms with Gasteiger partial charge in [-0.15, -0.1) is 0 Å². The van der Waals surface area contributed by atoms with E-state index in [1.807, 2.05) is 26.1 Å². The summed E-state index contributed by atoms with van der Waals surface area (Å²) >= 11 is 0. The molecular weight excluding hydrogens is 265 g/mol. The first-order chi connectivity index (χ1) is 9.30. The van der Waals surface area contributed by atoms with Crippen molar-refractivity contribution in [2.24, 2.45) is 0 Å². The quantitative estimate of drug-likeness (QED) is 0.846. The Bertz CT molecular complexity index is 412. The van der Waals surface area contributed by atoms with Crippen LogP contribution in [0.2, 0.25) is 0 Å². The minimum atomic E-state index is -4.21. The zero-order valence-electron chi connectivity index (χ0n) is 12.5. The molecule has 1 aromatic carbocycles. The normalized spacial score (nSPS) is 13.6. The van der Waals surface area contributed by atoms with E-state index < -0.39 is 12.7 Å². The second-order valence-corrected chi connectivity index (χ2v) is 5.15. The number of nitrogens with zero attached hydrogens (tertiary/aromatic N) is 1. The van der Waals surface area contributed by atoms with Crippen LogP contribution in [0.1, 0.15) is 38.8 Å². The average molecular weight is 288 g/mol. The molecule has 0 radical (unpaired) electrons. The summed E-state index contributed by atoms with van der Waals surface area (Å²) in [5.74, 6) is 0. The number of halogens is 3. The number of rotatable bonds is 6. The van der Waals surface area contributed by atoms with Gasteiger partial charge in [-0.1, -0.05) is 25.1 Å². The molecule has 1 aromatic rings. The third-order valence-corrected chi connectivity index (χ3v) is 3.35. The van der Waals surface area contributed by atoms with Crippen LogP contribution in [0.4, 0.5) is 18.9 Å². The number of nitrogens with one attached hydrogen (secondary N) is 1. The molecule has 20 heavy (non-hydrogen) atoms. The zero-order chi connectivity index (χ0) is 15.3. The largest absolute Gasteiger partial charge is 0.405 e. The Morgan fingerprint density at radius 1 is 1.20 bits per heavy atom. The molecule has 0 spiro atoms. The molecule has 0 saturated heterocycles. The molecule has 0 aromatic heterocycles. The maximum absolute atomic E-state index is 12.8. The van der Waals surface area contributed by atoms with Gasteiger partial charge < -0.3 is 10.2 Å². The van der Waals surface area contributed by atoms with Gasteiger partial charge in [0.25, 0.3) is 0 Å². The number of hydrogen-bond donors (Lipinski definition) is 1. The summed E-state index contributed by atoms with van der Waals surface area (Å²) in [6, 6.07) is 7.15. The van der Waals surface area contributed by atoms with Crippen molar-refractivity contribution in [3.8, 4) is 0 Å².